The summed E-state index contributed by atoms with van der Waals surface area (Å²) in [4.78, 5) is 12.5. The maximum absolute atomic E-state index is 12.5. The van der Waals surface area contributed by atoms with Crippen LogP contribution in [0.1, 0.15) is 28.9 Å². The van der Waals surface area contributed by atoms with Crippen LogP contribution in [-0.2, 0) is 0 Å². The summed E-state index contributed by atoms with van der Waals surface area (Å²) in [6.07, 6.45) is 0. The lowest BCUT2D eigenvalue weighted by Crippen LogP contribution is -2.27. The van der Waals surface area contributed by atoms with E-state index in [0.717, 1.165) is 5.56 Å². The van der Waals surface area contributed by atoms with Gasteiger partial charge in [-0.15, -0.1) is 0 Å². The lowest BCUT2D eigenvalue weighted by Gasteiger charge is -2.17. The van der Waals surface area contributed by atoms with E-state index in [1.54, 1.807) is 43.5 Å². The molecule has 0 aliphatic carbocycles. The van der Waals surface area contributed by atoms with Crippen LogP contribution in [0.3, 0.4) is 0 Å². The van der Waals surface area contributed by atoms with E-state index in [1.807, 2.05) is 6.92 Å². The number of rotatable bonds is 5. The van der Waals surface area contributed by atoms with E-state index in [0.29, 0.717) is 27.1 Å². The minimum Gasteiger partial charge on any atom is -0.497 e. The van der Waals surface area contributed by atoms with E-state index in [9.17, 15) is 4.79 Å². The predicted octanol–water partition coefficient (Wildman–Crippen LogP) is 4.50. The first-order chi connectivity index (χ1) is 11.0. The fourth-order valence-corrected chi connectivity index (χ4v) is 2.76. The average Bonchev–Trinajstić information content (AvgIpc) is 2.53. The lowest BCUT2D eigenvalue weighted by molar-refractivity contribution is 0.0937. The molecule has 0 saturated heterocycles. The number of methoxy groups -OCH3 is 2. The zero-order chi connectivity index (χ0) is 17.0. The Morgan fingerprint density at radius 3 is 2.43 bits per heavy atom. The summed E-state index contributed by atoms with van der Waals surface area (Å²) in [5, 5.41) is 3.95. The van der Waals surface area contributed by atoms with Gasteiger partial charge < -0.3 is 14.8 Å². The van der Waals surface area contributed by atoms with Crippen LogP contribution in [0.2, 0.25) is 10.0 Å². The van der Waals surface area contributed by atoms with Gasteiger partial charge in [-0.2, -0.15) is 0 Å². The fraction of sp³-hybridized carbons (Fsp3) is 0.235. The molecule has 0 saturated carbocycles. The molecule has 2 rings (SSSR count). The van der Waals surface area contributed by atoms with Crippen LogP contribution in [0.15, 0.2) is 36.4 Å². The Balaban J connectivity index is 2.21. The van der Waals surface area contributed by atoms with Crippen LogP contribution < -0.4 is 14.8 Å². The van der Waals surface area contributed by atoms with Gasteiger partial charge in [0.05, 0.1) is 25.8 Å². The second kappa shape index (κ2) is 7.57. The molecular formula is C17H17Cl2NO3. The van der Waals surface area contributed by atoms with Crippen LogP contribution in [0.25, 0.3) is 0 Å². The highest BCUT2D eigenvalue weighted by atomic mass is 35.5. The molecule has 0 radical (unpaired) electrons. The summed E-state index contributed by atoms with van der Waals surface area (Å²) in [6.45, 7) is 1.85. The topological polar surface area (TPSA) is 47.6 Å². The van der Waals surface area contributed by atoms with Gasteiger partial charge in [-0.3, -0.25) is 4.79 Å². The Labute approximate surface area is 145 Å². The molecule has 4 nitrogen and oxygen atoms in total. The zero-order valence-corrected chi connectivity index (χ0v) is 14.5. The highest BCUT2D eigenvalue weighted by molar-refractivity contribution is 6.35. The number of nitrogens with one attached hydrogen (secondary N) is 1. The zero-order valence-electron chi connectivity index (χ0n) is 13.0. The molecule has 0 bridgehead atoms. The molecule has 1 atom stereocenters. The maximum atomic E-state index is 12.5. The number of hydrogen-bond acceptors (Lipinski definition) is 3. The Hall–Kier alpha value is -1.91. The van der Waals surface area contributed by atoms with Crippen molar-refractivity contribution in [3.8, 4) is 11.5 Å². The lowest BCUT2D eigenvalue weighted by atomic mass is 10.1. The molecule has 0 spiro atoms. The number of carbonyl (C=O) groups excluding carboxylic acids is 1. The van der Waals surface area contributed by atoms with Gasteiger partial charge in [0.2, 0.25) is 0 Å². The van der Waals surface area contributed by atoms with Gasteiger partial charge in [0.15, 0.2) is 0 Å². The summed E-state index contributed by atoms with van der Waals surface area (Å²) < 4.78 is 10.4. The molecule has 0 unspecified atom stereocenters. The van der Waals surface area contributed by atoms with Crippen LogP contribution in [0.4, 0.5) is 0 Å². The van der Waals surface area contributed by atoms with Crippen LogP contribution >= 0.6 is 23.2 Å². The van der Waals surface area contributed by atoms with Crippen LogP contribution in [0.5, 0.6) is 11.5 Å². The normalized spacial score (nSPS) is 11.7. The Morgan fingerprint density at radius 2 is 1.83 bits per heavy atom. The van der Waals surface area contributed by atoms with Crippen molar-refractivity contribution >= 4 is 29.1 Å². The molecule has 2 aromatic carbocycles. The SMILES string of the molecule is COc1ccc(C(=O)N[C@H](C)c2ccc(Cl)cc2Cl)c(OC)c1. The molecule has 23 heavy (non-hydrogen) atoms. The number of ether oxygens (including phenoxy) is 2. The van der Waals surface area contributed by atoms with Gasteiger partial charge in [0.1, 0.15) is 11.5 Å². The van der Waals surface area contributed by atoms with E-state index in [2.05, 4.69) is 5.32 Å². The van der Waals surface area contributed by atoms with Gasteiger partial charge >= 0.3 is 0 Å². The molecule has 0 heterocycles. The van der Waals surface area contributed by atoms with Gasteiger partial charge in [-0.1, -0.05) is 29.3 Å². The van der Waals surface area contributed by atoms with Crippen molar-refractivity contribution in [2.75, 3.05) is 14.2 Å². The second-order valence-corrected chi connectivity index (χ2v) is 5.77. The summed E-state index contributed by atoms with van der Waals surface area (Å²) in [5.74, 6) is 0.798. The molecule has 0 aliphatic rings. The number of benzene rings is 2. The Bertz CT molecular complexity index is 719. The molecule has 0 aliphatic heterocycles. The molecule has 1 amide bonds. The monoisotopic (exact) mass is 353 g/mol. The van der Waals surface area contributed by atoms with E-state index in [-0.39, 0.29) is 11.9 Å². The van der Waals surface area contributed by atoms with Gasteiger partial charge in [-0.25, -0.2) is 0 Å². The van der Waals surface area contributed by atoms with E-state index in [4.69, 9.17) is 32.7 Å². The van der Waals surface area contributed by atoms with Gasteiger partial charge in [-0.05, 0) is 36.8 Å². The summed E-state index contributed by atoms with van der Waals surface area (Å²) in [7, 11) is 3.06. The second-order valence-electron chi connectivity index (χ2n) is 4.93. The minimum atomic E-state index is -0.279. The largest absolute Gasteiger partial charge is 0.497 e. The van der Waals surface area contributed by atoms with Crippen LogP contribution in [0, 0.1) is 0 Å². The fourth-order valence-electron chi connectivity index (χ4n) is 2.19. The highest BCUT2D eigenvalue weighted by Crippen LogP contribution is 2.28. The molecule has 0 fully saturated rings. The first-order valence-electron chi connectivity index (χ1n) is 6.94. The molecule has 1 N–H and O–H groups in total. The third kappa shape index (κ3) is 4.09. The van der Waals surface area contributed by atoms with Crippen molar-refractivity contribution < 1.29 is 14.3 Å². The Kier molecular flexibility index (Phi) is 5.74. The predicted molar refractivity (Wildman–Crippen MR) is 91.9 cm³/mol. The Morgan fingerprint density at radius 1 is 1.09 bits per heavy atom. The van der Waals surface area contributed by atoms with Gasteiger partial charge in [0, 0.05) is 16.1 Å². The summed E-state index contributed by atoms with van der Waals surface area (Å²) in [6, 6.07) is 9.92. The standard InChI is InChI=1S/C17H17Cl2NO3/c1-10(13-6-4-11(18)8-15(13)19)20-17(21)14-7-5-12(22-2)9-16(14)23-3/h4-10H,1-3H3,(H,20,21)/t10-/m1/s1. The summed E-state index contributed by atoms with van der Waals surface area (Å²) >= 11 is 12.1. The molecule has 6 heteroatoms. The van der Waals surface area contributed by atoms with Crippen molar-refractivity contribution in [2.45, 2.75) is 13.0 Å². The third-order valence-electron chi connectivity index (χ3n) is 3.43. The summed E-state index contributed by atoms with van der Waals surface area (Å²) in [5.41, 5.74) is 1.21. The van der Waals surface area contributed by atoms with Crippen molar-refractivity contribution in [1.29, 1.82) is 0 Å². The quantitative estimate of drug-likeness (QED) is 0.860. The molecule has 2 aromatic rings. The number of hydrogen-bond donors (Lipinski definition) is 1. The van der Waals surface area contributed by atoms with E-state index in [1.165, 1.54) is 7.11 Å². The smallest absolute Gasteiger partial charge is 0.255 e. The molecule has 122 valence electrons. The van der Waals surface area contributed by atoms with E-state index < -0.39 is 0 Å². The van der Waals surface area contributed by atoms with Crippen LogP contribution in [-0.4, -0.2) is 20.1 Å². The first-order valence-corrected chi connectivity index (χ1v) is 7.69. The third-order valence-corrected chi connectivity index (χ3v) is 3.99. The van der Waals surface area contributed by atoms with E-state index >= 15 is 0 Å². The average molecular weight is 354 g/mol. The molecule has 0 aromatic heterocycles. The van der Waals surface area contributed by atoms with Crippen molar-refractivity contribution in [1.82, 2.24) is 5.32 Å². The maximum Gasteiger partial charge on any atom is 0.255 e. The number of amides is 1. The molecular weight excluding hydrogens is 337 g/mol. The number of halogens is 2. The van der Waals surface area contributed by atoms with Crippen molar-refractivity contribution in [3.05, 3.63) is 57.6 Å². The van der Waals surface area contributed by atoms with Gasteiger partial charge in [0.25, 0.3) is 5.91 Å². The van der Waals surface area contributed by atoms with Crippen molar-refractivity contribution in [3.63, 3.8) is 0 Å². The number of carbonyl (C=O) groups is 1. The minimum absolute atomic E-state index is 0.261. The van der Waals surface area contributed by atoms with Crippen molar-refractivity contribution in [2.24, 2.45) is 0 Å². The first kappa shape index (κ1) is 17.4. The highest BCUT2D eigenvalue weighted by Gasteiger charge is 2.17.